The first-order valence-electron chi connectivity index (χ1n) is 9.43. The number of halogens is 5. The second-order valence-corrected chi connectivity index (χ2v) is 6.76. The molecule has 0 spiro atoms. The minimum Gasteiger partial charge on any atom is -0.497 e. The number of hydrogen-bond donors (Lipinski definition) is 1. The van der Waals surface area contributed by atoms with Crippen molar-refractivity contribution < 1.29 is 45.4 Å². The van der Waals surface area contributed by atoms with Crippen molar-refractivity contribution in [1.29, 1.82) is 0 Å². The number of ether oxygens (including phenoxy) is 3. The molecule has 2 aromatic carbocycles. The minimum atomic E-state index is -2.30. The van der Waals surface area contributed by atoms with E-state index < -0.39 is 53.4 Å². The number of methoxy groups -OCH3 is 2. The topological polar surface area (TPSA) is 69.9 Å². The van der Waals surface area contributed by atoms with Crippen LogP contribution >= 0.6 is 0 Å². The summed E-state index contributed by atoms with van der Waals surface area (Å²) in [6, 6.07) is 7.06. The lowest BCUT2D eigenvalue weighted by Crippen LogP contribution is -2.26. The third-order valence-electron chi connectivity index (χ3n) is 4.66. The fraction of sp³-hybridized carbons (Fsp3) is 0.227. The predicted molar refractivity (Wildman–Crippen MR) is 105 cm³/mol. The van der Waals surface area contributed by atoms with Gasteiger partial charge in [0.25, 0.3) is 5.91 Å². The Bertz CT molecular complexity index is 1150. The van der Waals surface area contributed by atoms with Crippen molar-refractivity contribution in [3.8, 4) is 17.2 Å². The maximum Gasteiger partial charge on any atom is 0.287 e. The second kappa shape index (κ2) is 9.80. The molecule has 33 heavy (non-hydrogen) atoms. The van der Waals surface area contributed by atoms with Crippen LogP contribution in [-0.4, -0.2) is 20.1 Å². The van der Waals surface area contributed by atoms with Crippen LogP contribution in [0.25, 0.3) is 0 Å². The summed E-state index contributed by atoms with van der Waals surface area (Å²) in [5.41, 5.74) is 0.631. The average Bonchev–Trinajstić information content (AvgIpc) is 3.30. The van der Waals surface area contributed by atoms with Crippen molar-refractivity contribution >= 4 is 5.91 Å². The molecule has 11 heteroatoms. The van der Waals surface area contributed by atoms with Crippen LogP contribution in [0.1, 0.15) is 34.8 Å². The number of benzene rings is 2. The van der Waals surface area contributed by atoms with Gasteiger partial charge >= 0.3 is 0 Å². The molecule has 0 fully saturated rings. The SMILES string of the molecule is COc1ccc(OC)c(C(C)NC(=O)c2ccc(COc3c(F)c(F)c(F)c(F)c3F)o2)c1. The molecule has 1 amide bonds. The van der Waals surface area contributed by atoms with Crippen molar-refractivity contribution in [2.75, 3.05) is 14.2 Å². The van der Waals surface area contributed by atoms with Crippen molar-refractivity contribution in [2.45, 2.75) is 19.6 Å². The van der Waals surface area contributed by atoms with Gasteiger partial charge < -0.3 is 23.9 Å². The summed E-state index contributed by atoms with van der Waals surface area (Å²) in [6.45, 7) is 1.01. The van der Waals surface area contributed by atoms with Crippen LogP contribution in [-0.2, 0) is 6.61 Å². The lowest BCUT2D eigenvalue weighted by molar-refractivity contribution is 0.0907. The lowest BCUT2D eigenvalue weighted by atomic mass is 10.1. The Morgan fingerprint density at radius 1 is 0.939 bits per heavy atom. The third kappa shape index (κ3) is 4.86. The summed E-state index contributed by atoms with van der Waals surface area (Å²) >= 11 is 0. The van der Waals surface area contributed by atoms with E-state index in [1.54, 1.807) is 25.1 Å². The van der Waals surface area contributed by atoms with Crippen LogP contribution < -0.4 is 19.5 Å². The van der Waals surface area contributed by atoms with E-state index in [0.717, 1.165) is 0 Å². The lowest BCUT2D eigenvalue weighted by Gasteiger charge is -2.17. The number of amides is 1. The van der Waals surface area contributed by atoms with Crippen LogP contribution in [0.4, 0.5) is 22.0 Å². The van der Waals surface area contributed by atoms with E-state index >= 15 is 0 Å². The van der Waals surface area contributed by atoms with Gasteiger partial charge in [-0.2, -0.15) is 8.78 Å². The number of carbonyl (C=O) groups is 1. The van der Waals surface area contributed by atoms with Crippen LogP contribution in [0.15, 0.2) is 34.7 Å². The number of furan rings is 1. The number of nitrogens with one attached hydrogen (secondary N) is 1. The van der Waals surface area contributed by atoms with Gasteiger partial charge in [-0.25, -0.2) is 13.2 Å². The second-order valence-electron chi connectivity index (χ2n) is 6.76. The molecular formula is C22H18F5NO5. The predicted octanol–water partition coefficient (Wildman–Crippen LogP) is 5.06. The van der Waals surface area contributed by atoms with Crippen LogP contribution in [0.3, 0.4) is 0 Å². The van der Waals surface area contributed by atoms with Crippen LogP contribution in [0, 0.1) is 29.1 Å². The summed E-state index contributed by atoms with van der Waals surface area (Å²) in [6.07, 6.45) is 0. The Balaban J connectivity index is 1.71. The maximum atomic E-state index is 13.7. The standard InChI is InChI=1S/C22H18F5NO5/c1-10(13-8-11(30-2)4-6-14(13)31-3)28-22(29)15-7-5-12(33-15)9-32-21-19(26)17(24)16(23)18(25)20(21)27/h4-8,10H,9H2,1-3H3,(H,28,29). The highest BCUT2D eigenvalue weighted by Crippen LogP contribution is 2.31. The van der Waals surface area contributed by atoms with Crippen molar-refractivity contribution in [2.24, 2.45) is 0 Å². The molecule has 0 aliphatic heterocycles. The molecule has 1 atom stereocenters. The number of hydrogen-bond acceptors (Lipinski definition) is 5. The fourth-order valence-corrected chi connectivity index (χ4v) is 2.96. The van der Waals surface area contributed by atoms with E-state index in [4.69, 9.17) is 18.6 Å². The van der Waals surface area contributed by atoms with Gasteiger partial charge in [0.05, 0.1) is 20.3 Å². The molecule has 0 saturated carbocycles. The van der Waals surface area contributed by atoms with Gasteiger partial charge in [-0.15, -0.1) is 0 Å². The summed E-state index contributed by atoms with van der Waals surface area (Å²) in [7, 11) is 2.97. The molecule has 3 rings (SSSR count). The molecule has 0 aliphatic carbocycles. The zero-order valence-electron chi connectivity index (χ0n) is 17.6. The summed E-state index contributed by atoms with van der Waals surface area (Å²) in [4.78, 5) is 12.5. The van der Waals surface area contributed by atoms with E-state index in [-0.39, 0.29) is 11.5 Å². The first-order valence-corrected chi connectivity index (χ1v) is 9.43. The van der Waals surface area contributed by atoms with Gasteiger partial charge in [0.15, 0.2) is 11.5 Å². The van der Waals surface area contributed by atoms with E-state index in [1.807, 2.05) is 0 Å². The molecular weight excluding hydrogens is 453 g/mol. The largest absolute Gasteiger partial charge is 0.497 e. The zero-order valence-corrected chi connectivity index (χ0v) is 17.6. The third-order valence-corrected chi connectivity index (χ3v) is 4.66. The molecule has 6 nitrogen and oxygen atoms in total. The fourth-order valence-electron chi connectivity index (χ4n) is 2.96. The summed E-state index contributed by atoms with van der Waals surface area (Å²) < 4.78 is 87.5. The van der Waals surface area contributed by atoms with Gasteiger partial charge in [-0.3, -0.25) is 4.79 Å². The summed E-state index contributed by atoms with van der Waals surface area (Å²) in [5.74, 6) is -12.1. The van der Waals surface area contributed by atoms with Gasteiger partial charge in [-0.1, -0.05) is 0 Å². The zero-order chi connectivity index (χ0) is 24.3. The Morgan fingerprint density at radius 3 is 2.18 bits per heavy atom. The maximum absolute atomic E-state index is 13.7. The molecule has 1 heterocycles. The molecule has 0 bridgehead atoms. The van der Waals surface area contributed by atoms with E-state index in [2.05, 4.69) is 5.32 Å². The highest BCUT2D eigenvalue weighted by atomic mass is 19.2. The van der Waals surface area contributed by atoms with Gasteiger partial charge in [-0.05, 0) is 37.3 Å². The molecule has 1 unspecified atom stereocenters. The number of carbonyl (C=O) groups excluding carboxylic acids is 1. The smallest absolute Gasteiger partial charge is 0.287 e. The van der Waals surface area contributed by atoms with E-state index in [0.29, 0.717) is 17.1 Å². The minimum absolute atomic E-state index is 0.0873. The molecule has 1 aromatic heterocycles. The van der Waals surface area contributed by atoms with Gasteiger partial charge in [0, 0.05) is 5.56 Å². The van der Waals surface area contributed by atoms with Crippen molar-refractivity contribution in [1.82, 2.24) is 5.32 Å². The number of rotatable bonds is 8. The van der Waals surface area contributed by atoms with Crippen molar-refractivity contribution in [3.63, 3.8) is 0 Å². The van der Waals surface area contributed by atoms with Gasteiger partial charge in [0.1, 0.15) is 23.9 Å². The Morgan fingerprint density at radius 2 is 1.58 bits per heavy atom. The molecule has 0 radical (unpaired) electrons. The molecule has 0 saturated heterocycles. The Labute approximate surface area is 184 Å². The van der Waals surface area contributed by atoms with Crippen LogP contribution in [0.2, 0.25) is 0 Å². The Kier molecular flexibility index (Phi) is 7.10. The van der Waals surface area contributed by atoms with E-state index in [1.165, 1.54) is 26.4 Å². The van der Waals surface area contributed by atoms with Crippen LogP contribution in [0.5, 0.6) is 17.2 Å². The molecule has 0 aliphatic rings. The highest BCUT2D eigenvalue weighted by Gasteiger charge is 2.27. The summed E-state index contributed by atoms with van der Waals surface area (Å²) in [5, 5.41) is 2.70. The average molecular weight is 471 g/mol. The quantitative estimate of drug-likeness (QED) is 0.283. The molecule has 3 aromatic rings. The Hall–Kier alpha value is -3.76. The van der Waals surface area contributed by atoms with Crippen molar-refractivity contribution in [3.05, 3.63) is 76.5 Å². The highest BCUT2D eigenvalue weighted by molar-refractivity contribution is 5.91. The normalized spacial score (nSPS) is 11.8. The molecule has 1 N–H and O–H groups in total. The molecule has 176 valence electrons. The first-order chi connectivity index (χ1) is 15.7. The van der Waals surface area contributed by atoms with Gasteiger partial charge in [0.2, 0.25) is 29.1 Å². The van der Waals surface area contributed by atoms with E-state index in [9.17, 15) is 26.7 Å². The first kappa shape index (κ1) is 23.9. The monoisotopic (exact) mass is 471 g/mol.